The van der Waals surface area contributed by atoms with Crippen molar-refractivity contribution in [1.82, 2.24) is 9.88 Å². The summed E-state index contributed by atoms with van der Waals surface area (Å²) in [6, 6.07) is 15.9. The van der Waals surface area contributed by atoms with Gasteiger partial charge in [-0.1, -0.05) is 24.3 Å². The lowest BCUT2D eigenvalue weighted by molar-refractivity contribution is -0.138. The maximum atomic E-state index is 13.3. The summed E-state index contributed by atoms with van der Waals surface area (Å²) in [6.07, 6.45) is -2.78. The molecule has 184 valence electrons. The van der Waals surface area contributed by atoms with Gasteiger partial charge in [-0.05, 0) is 35.9 Å². The van der Waals surface area contributed by atoms with Gasteiger partial charge in [-0.3, -0.25) is 4.90 Å². The van der Waals surface area contributed by atoms with Gasteiger partial charge in [-0.2, -0.15) is 13.2 Å². The standard InChI is InChI=1S/C25H26F3N5O2/c1-35-21-7-4-6-19(15-21)30-24(34)31-20-9-10-23(29-16-20)33-13-11-32(12-14-33)17-18-5-2-3-8-22(18)25(26,27)28/h2-10,15-16H,11-14,17H2,1H3,(H2,30,31,34). The second-order valence-corrected chi connectivity index (χ2v) is 8.13. The molecule has 0 saturated carbocycles. The highest BCUT2D eigenvalue weighted by molar-refractivity contribution is 5.99. The van der Waals surface area contributed by atoms with Gasteiger partial charge in [0, 0.05) is 44.5 Å². The minimum Gasteiger partial charge on any atom is -0.497 e. The molecule has 0 spiro atoms. The quantitative estimate of drug-likeness (QED) is 0.510. The lowest BCUT2D eigenvalue weighted by atomic mass is 10.1. The molecule has 1 saturated heterocycles. The number of methoxy groups -OCH3 is 1. The van der Waals surface area contributed by atoms with Crippen LogP contribution in [0.1, 0.15) is 11.1 Å². The first kappa shape index (κ1) is 24.3. The average Bonchev–Trinajstić information content (AvgIpc) is 2.85. The van der Waals surface area contributed by atoms with Crippen LogP contribution in [-0.2, 0) is 12.7 Å². The summed E-state index contributed by atoms with van der Waals surface area (Å²) in [5.41, 5.74) is 0.843. The second-order valence-electron chi connectivity index (χ2n) is 8.13. The zero-order valence-electron chi connectivity index (χ0n) is 19.2. The Morgan fingerprint density at radius 3 is 2.40 bits per heavy atom. The summed E-state index contributed by atoms with van der Waals surface area (Å²) in [7, 11) is 1.55. The van der Waals surface area contributed by atoms with Gasteiger partial charge in [0.05, 0.1) is 24.6 Å². The summed E-state index contributed by atoms with van der Waals surface area (Å²) in [5.74, 6) is 1.39. The molecule has 0 radical (unpaired) electrons. The molecule has 2 heterocycles. The first-order valence-corrected chi connectivity index (χ1v) is 11.1. The van der Waals surface area contributed by atoms with Crippen LogP contribution in [0.2, 0.25) is 0 Å². The van der Waals surface area contributed by atoms with Gasteiger partial charge in [0.1, 0.15) is 11.6 Å². The molecule has 7 nitrogen and oxygen atoms in total. The Balaban J connectivity index is 1.29. The number of hydrogen-bond acceptors (Lipinski definition) is 5. The Morgan fingerprint density at radius 1 is 0.971 bits per heavy atom. The molecule has 4 rings (SSSR count). The Morgan fingerprint density at radius 2 is 1.71 bits per heavy atom. The van der Waals surface area contributed by atoms with E-state index in [0.29, 0.717) is 43.3 Å². The number of urea groups is 1. The van der Waals surface area contributed by atoms with Crippen LogP contribution in [0.25, 0.3) is 0 Å². The monoisotopic (exact) mass is 485 g/mol. The predicted molar refractivity (Wildman–Crippen MR) is 129 cm³/mol. The Hall–Kier alpha value is -3.79. The molecule has 1 fully saturated rings. The summed E-state index contributed by atoms with van der Waals surface area (Å²) in [6.45, 7) is 2.78. The Labute approximate surface area is 201 Å². The van der Waals surface area contributed by atoms with Crippen LogP contribution in [0.3, 0.4) is 0 Å². The fraction of sp³-hybridized carbons (Fsp3) is 0.280. The van der Waals surface area contributed by atoms with Gasteiger partial charge in [0.2, 0.25) is 0 Å². The second kappa shape index (κ2) is 10.6. The normalized spacial score (nSPS) is 14.5. The van der Waals surface area contributed by atoms with Gasteiger partial charge >= 0.3 is 12.2 Å². The molecular weight excluding hydrogens is 459 g/mol. The highest BCUT2D eigenvalue weighted by atomic mass is 19.4. The molecule has 2 amide bonds. The third kappa shape index (κ3) is 6.42. The Kier molecular flexibility index (Phi) is 7.40. The number of alkyl halides is 3. The smallest absolute Gasteiger partial charge is 0.416 e. The summed E-state index contributed by atoms with van der Waals surface area (Å²) in [5, 5.41) is 5.47. The number of rotatable bonds is 6. The van der Waals surface area contributed by atoms with Gasteiger partial charge in [-0.15, -0.1) is 0 Å². The maximum absolute atomic E-state index is 13.3. The molecule has 2 N–H and O–H groups in total. The summed E-state index contributed by atoms with van der Waals surface area (Å²) in [4.78, 5) is 20.8. The maximum Gasteiger partial charge on any atom is 0.416 e. The number of carbonyl (C=O) groups is 1. The summed E-state index contributed by atoms with van der Waals surface area (Å²) < 4.78 is 44.9. The molecule has 0 unspecified atom stereocenters. The van der Waals surface area contributed by atoms with Gasteiger partial charge < -0.3 is 20.3 Å². The number of aromatic nitrogens is 1. The van der Waals surface area contributed by atoms with Crippen molar-refractivity contribution in [2.45, 2.75) is 12.7 Å². The third-order valence-electron chi connectivity index (χ3n) is 5.75. The van der Waals surface area contributed by atoms with Crippen LogP contribution in [0, 0.1) is 0 Å². The number of amides is 2. The number of nitrogens with one attached hydrogen (secondary N) is 2. The van der Waals surface area contributed by atoms with Crippen LogP contribution in [0.5, 0.6) is 5.75 Å². The molecule has 1 aliphatic rings. The highest BCUT2D eigenvalue weighted by Crippen LogP contribution is 2.32. The molecule has 0 bridgehead atoms. The minimum absolute atomic E-state index is 0.252. The van der Waals surface area contributed by atoms with Crippen molar-refractivity contribution in [3.8, 4) is 5.75 Å². The fourth-order valence-electron chi connectivity index (χ4n) is 3.95. The van der Waals surface area contributed by atoms with E-state index in [1.54, 1.807) is 49.7 Å². The van der Waals surface area contributed by atoms with E-state index in [1.165, 1.54) is 12.1 Å². The van der Waals surface area contributed by atoms with Crippen LogP contribution in [0.4, 0.5) is 35.2 Å². The van der Waals surface area contributed by atoms with Crippen LogP contribution < -0.4 is 20.3 Å². The molecule has 0 aliphatic carbocycles. The summed E-state index contributed by atoms with van der Waals surface area (Å²) >= 11 is 0. The van der Waals surface area contributed by atoms with Crippen molar-refractivity contribution < 1.29 is 22.7 Å². The molecule has 0 atom stereocenters. The van der Waals surface area contributed by atoms with Crippen LogP contribution >= 0.6 is 0 Å². The topological polar surface area (TPSA) is 69.7 Å². The van der Waals surface area contributed by atoms with Crippen molar-refractivity contribution in [3.05, 3.63) is 78.0 Å². The van der Waals surface area contributed by atoms with Gasteiger partial charge in [0.15, 0.2) is 0 Å². The predicted octanol–water partition coefficient (Wildman–Crippen LogP) is 5.08. The first-order valence-electron chi connectivity index (χ1n) is 11.1. The molecule has 2 aromatic carbocycles. The number of carbonyl (C=O) groups excluding carboxylic acids is 1. The number of nitrogens with zero attached hydrogens (tertiary/aromatic N) is 3. The minimum atomic E-state index is -4.36. The number of anilines is 3. The molecule has 1 aliphatic heterocycles. The number of piperazine rings is 1. The van der Waals surface area contributed by atoms with Gasteiger partial charge in [-0.25, -0.2) is 9.78 Å². The fourth-order valence-corrected chi connectivity index (χ4v) is 3.95. The number of ether oxygens (including phenoxy) is 1. The van der Waals surface area contributed by atoms with Crippen molar-refractivity contribution in [3.63, 3.8) is 0 Å². The Bertz CT molecular complexity index is 1150. The number of hydrogen-bond donors (Lipinski definition) is 2. The highest BCUT2D eigenvalue weighted by Gasteiger charge is 2.33. The number of benzene rings is 2. The van der Waals surface area contributed by atoms with E-state index >= 15 is 0 Å². The van der Waals surface area contributed by atoms with Crippen molar-refractivity contribution in [2.75, 3.05) is 48.8 Å². The molecule has 10 heteroatoms. The molecule has 3 aromatic rings. The average molecular weight is 486 g/mol. The van der Waals surface area contributed by atoms with E-state index in [2.05, 4.69) is 20.5 Å². The van der Waals surface area contributed by atoms with Crippen molar-refractivity contribution >= 4 is 23.2 Å². The van der Waals surface area contributed by atoms with Crippen molar-refractivity contribution in [1.29, 1.82) is 0 Å². The molecule has 1 aromatic heterocycles. The third-order valence-corrected chi connectivity index (χ3v) is 5.75. The van der Waals surface area contributed by atoms with Crippen molar-refractivity contribution in [2.24, 2.45) is 0 Å². The zero-order valence-corrected chi connectivity index (χ0v) is 19.2. The van der Waals surface area contributed by atoms with E-state index in [0.717, 1.165) is 11.9 Å². The van der Waals surface area contributed by atoms with E-state index in [4.69, 9.17) is 4.74 Å². The van der Waals surface area contributed by atoms with E-state index in [-0.39, 0.29) is 12.1 Å². The SMILES string of the molecule is COc1cccc(NC(=O)Nc2ccc(N3CCN(Cc4ccccc4C(F)(F)F)CC3)nc2)c1. The number of pyridine rings is 1. The van der Waals surface area contributed by atoms with E-state index < -0.39 is 17.8 Å². The first-order chi connectivity index (χ1) is 16.8. The number of halogens is 3. The molecular formula is C25H26F3N5O2. The van der Waals surface area contributed by atoms with Gasteiger partial charge in [0.25, 0.3) is 0 Å². The van der Waals surface area contributed by atoms with E-state index in [9.17, 15) is 18.0 Å². The lowest BCUT2D eigenvalue weighted by Crippen LogP contribution is -2.46. The van der Waals surface area contributed by atoms with Crippen LogP contribution in [0.15, 0.2) is 66.9 Å². The van der Waals surface area contributed by atoms with E-state index in [1.807, 2.05) is 11.0 Å². The van der Waals surface area contributed by atoms with Crippen LogP contribution in [-0.4, -0.2) is 49.2 Å². The largest absolute Gasteiger partial charge is 0.497 e. The molecule has 35 heavy (non-hydrogen) atoms. The zero-order chi connectivity index (χ0) is 24.8. The lowest BCUT2D eigenvalue weighted by Gasteiger charge is -2.35.